The number of rotatable bonds is 5. The lowest BCUT2D eigenvalue weighted by Gasteiger charge is -2.17. The zero-order valence-electron chi connectivity index (χ0n) is 11.4. The number of carbonyl (C=O) groups is 1. The summed E-state index contributed by atoms with van der Waals surface area (Å²) < 4.78 is 0. The fraction of sp³-hybridized carbons (Fsp3) is 0.500. The molecule has 1 aromatic carbocycles. The van der Waals surface area contributed by atoms with Crippen LogP contribution < -0.4 is 5.32 Å². The predicted molar refractivity (Wildman–Crippen MR) is 85.1 cm³/mol. The van der Waals surface area contributed by atoms with E-state index in [2.05, 4.69) is 21.2 Å². The SMILES string of the molecule is O=C(NCC1CCCC1CBr)c1ccc(Cl)cc1[N+](=O)[O-]. The van der Waals surface area contributed by atoms with Crippen LogP contribution >= 0.6 is 27.5 Å². The number of nitro benzene ring substituents is 1. The van der Waals surface area contributed by atoms with Crippen LogP contribution in [0.1, 0.15) is 29.6 Å². The quantitative estimate of drug-likeness (QED) is 0.483. The maximum Gasteiger partial charge on any atom is 0.283 e. The first-order valence-electron chi connectivity index (χ1n) is 6.81. The van der Waals surface area contributed by atoms with Crippen LogP contribution in [0.3, 0.4) is 0 Å². The third-order valence-corrected chi connectivity index (χ3v) is 5.01. The maximum atomic E-state index is 12.2. The lowest BCUT2D eigenvalue weighted by molar-refractivity contribution is -0.385. The Hall–Kier alpha value is -1.14. The summed E-state index contributed by atoms with van der Waals surface area (Å²) in [6.45, 7) is 0.550. The predicted octanol–water partition coefficient (Wildman–Crippen LogP) is 3.79. The number of carbonyl (C=O) groups excluding carboxylic acids is 1. The van der Waals surface area contributed by atoms with Crippen molar-refractivity contribution in [3.8, 4) is 0 Å². The van der Waals surface area contributed by atoms with Gasteiger partial charge in [0.25, 0.3) is 11.6 Å². The first-order chi connectivity index (χ1) is 10.0. The van der Waals surface area contributed by atoms with Crippen LogP contribution in [0, 0.1) is 22.0 Å². The third-order valence-electron chi connectivity index (χ3n) is 3.94. The Labute approximate surface area is 136 Å². The number of alkyl halides is 1. The molecular weight excluding hydrogens is 360 g/mol. The van der Waals surface area contributed by atoms with E-state index in [-0.39, 0.29) is 16.3 Å². The molecule has 0 aliphatic heterocycles. The second-order valence-corrected chi connectivity index (χ2v) is 6.32. The van der Waals surface area contributed by atoms with Gasteiger partial charge < -0.3 is 5.32 Å². The number of hydrogen-bond acceptors (Lipinski definition) is 3. The molecule has 0 heterocycles. The zero-order valence-corrected chi connectivity index (χ0v) is 13.7. The van der Waals surface area contributed by atoms with Gasteiger partial charge in [0.05, 0.1) is 4.92 Å². The molecule has 0 spiro atoms. The van der Waals surface area contributed by atoms with Crippen LogP contribution in [-0.2, 0) is 0 Å². The highest BCUT2D eigenvalue weighted by atomic mass is 79.9. The third kappa shape index (κ3) is 3.95. The Morgan fingerprint density at radius 1 is 1.43 bits per heavy atom. The average molecular weight is 376 g/mol. The molecular formula is C14H16BrClN2O3. The largest absolute Gasteiger partial charge is 0.352 e. The first-order valence-corrected chi connectivity index (χ1v) is 8.31. The lowest BCUT2D eigenvalue weighted by atomic mass is 9.98. The number of nitrogens with one attached hydrogen (secondary N) is 1. The van der Waals surface area contributed by atoms with Gasteiger partial charge in [0.15, 0.2) is 0 Å². The maximum absolute atomic E-state index is 12.2. The Morgan fingerprint density at radius 2 is 2.14 bits per heavy atom. The van der Waals surface area contributed by atoms with Gasteiger partial charge >= 0.3 is 0 Å². The standard InChI is InChI=1S/C14H16BrClN2O3/c15-7-9-2-1-3-10(9)8-17-14(19)12-5-4-11(16)6-13(12)18(20)21/h4-6,9-10H,1-3,7-8H2,(H,17,19). The minimum atomic E-state index is -0.586. The highest BCUT2D eigenvalue weighted by Gasteiger charge is 2.27. The van der Waals surface area contributed by atoms with Crippen LogP contribution in [-0.4, -0.2) is 22.7 Å². The van der Waals surface area contributed by atoms with Crippen molar-refractivity contribution in [2.45, 2.75) is 19.3 Å². The monoisotopic (exact) mass is 374 g/mol. The summed E-state index contributed by atoms with van der Waals surface area (Å²) in [7, 11) is 0. The van der Waals surface area contributed by atoms with Gasteiger partial charge in [0.2, 0.25) is 0 Å². The molecule has 1 fully saturated rings. The molecule has 2 unspecified atom stereocenters. The number of hydrogen-bond donors (Lipinski definition) is 1. The second-order valence-electron chi connectivity index (χ2n) is 5.23. The van der Waals surface area contributed by atoms with E-state index in [1.165, 1.54) is 18.2 Å². The molecule has 0 bridgehead atoms. The normalized spacial score (nSPS) is 21.2. The molecule has 5 nitrogen and oxygen atoms in total. The van der Waals surface area contributed by atoms with Gasteiger partial charge in [-0.25, -0.2) is 0 Å². The van der Waals surface area contributed by atoms with Crippen molar-refractivity contribution < 1.29 is 9.72 Å². The summed E-state index contributed by atoms with van der Waals surface area (Å²) in [4.78, 5) is 22.6. The average Bonchev–Trinajstić information content (AvgIpc) is 2.92. The molecule has 114 valence electrons. The van der Waals surface area contributed by atoms with Crippen molar-refractivity contribution in [1.29, 1.82) is 0 Å². The van der Waals surface area contributed by atoms with Gasteiger partial charge in [-0.05, 0) is 36.8 Å². The van der Waals surface area contributed by atoms with Gasteiger partial charge in [-0.1, -0.05) is 34.0 Å². The minimum Gasteiger partial charge on any atom is -0.352 e. The zero-order chi connectivity index (χ0) is 15.4. The van der Waals surface area contributed by atoms with Gasteiger partial charge in [0, 0.05) is 23.0 Å². The number of nitro groups is 1. The minimum absolute atomic E-state index is 0.0535. The van der Waals surface area contributed by atoms with Crippen molar-refractivity contribution in [2.24, 2.45) is 11.8 Å². The smallest absolute Gasteiger partial charge is 0.283 e. The van der Waals surface area contributed by atoms with Gasteiger partial charge in [0.1, 0.15) is 5.56 Å². The lowest BCUT2D eigenvalue weighted by Crippen LogP contribution is -2.31. The van der Waals surface area contributed by atoms with Gasteiger partial charge in [-0.15, -0.1) is 0 Å². The van der Waals surface area contributed by atoms with E-state index in [1.54, 1.807) is 0 Å². The molecule has 2 rings (SSSR count). The van der Waals surface area contributed by atoms with E-state index < -0.39 is 10.8 Å². The molecule has 7 heteroatoms. The van der Waals surface area contributed by atoms with E-state index in [4.69, 9.17) is 11.6 Å². The molecule has 21 heavy (non-hydrogen) atoms. The molecule has 1 aliphatic carbocycles. The highest BCUT2D eigenvalue weighted by Crippen LogP contribution is 2.32. The van der Waals surface area contributed by atoms with E-state index in [9.17, 15) is 14.9 Å². The van der Waals surface area contributed by atoms with Gasteiger partial charge in [-0.3, -0.25) is 14.9 Å². The van der Waals surface area contributed by atoms with E-state index in [0.717, 1.165) is 24.6 Å². The van der Waals surface area contributed by atoms with Crippen molar-refractivity contribution in [3.63, 3.8) is 0 Å². The van der Waals surface area contributed by atoms with Gasteiger partial charge in [-0.2, -0.15) is 0 Å². The van der Waals surface area contributed by atoms with Crippen LogP contribution in [0.4, 0.5) is 5.69 Å². The highest BCUT2D eigenvalue weighted by molar-refractivity contribution is 9.09. The second kappa shape index (κ2) is 7.22. The molecule has 0 saturated heterocycles. The van der Waals surface area contributed by atoms with Crippen LogP contribution in [0.2, 0.25) is 5.02 Å². The molecule has 0 aromatic heterocycles. The summed E-state index contributed by atoms with van der Waals surface area (Å²) >= 11 is 9.23. The molecule has 1 aliphatic rings. The van der Waals surface area contributed by atoms with Crippen molar-refractivity contribution in [2.75, 3.05) is 11.9 Å². The molecule has 1 saturated carbocycles. The molecule has 2 atom stereocenters. The Kier molecular flexibility index (Phi) is 5.58. The van der Waals surface area contributed by atoms with Crippen molar-refractivity contribution >= 4 is 39.1 Å². The van der Waals surface area contributed by atoms with Crippen molar-refractivity contribution in [1.82, 2.24) is 5.32 Å². The van der Waals surface area contributed by atoms with Crippen molar-refractivity contribution in [3.05, 3.63) is 38.9 Å². The molecule has 1 aromatic rings. The Bertz CT molecular complexity index is 553. The fourth-order valence-electron chi connectivity index (χ4n) is 2.75. The topological polar surface area (TPSA) is 72.2 Å². The summed E-state index contributed by atoms with van der Waals surface area (Å²) in [5.74, 6) is 0.573. The first kappa shape index (κ1) is 16.2. The molecule has 1 N–H and O–H groups in total. The van der Waals surface area contributed by atoms with E-state index in [0.29, 0.717) is 18.4 Å². The molecule has 0 radical (unpaired) electrons. The summed E-state index contributed by atoms with van der Waals surface area (Å²) in [5, 5.41) is 15.0. The number of nitrogens with zero attached hydrogens (tertiary/aromatic N) is 1. The fourth-order valence-corrected chi connectivity index (χ4v) is 3.77. The van der Waals surface area contributed by atoms with E-state index >= 15 is 0 Å². The van der Waals surface area contributed by atoms with Crippen LogP contribution in [0.25, 0.3) is 0 Å². The summed E-state index contributed by atoms with van der Waals surface area (Å²) in [5.41, 5.74) is -0.207. The summed E-state index contributed by atoms with van der Waals surface area (Å²) in [6.07, 6.45) is 3.41. The Morgan fingerprint density at radius 3 is 2.81 bits per heavy atom. The number of amides is 1. The Balaban J connectivity index is 2.05. The van der Waals surface area contributed by atoms with Crippen LogP contribution in [0.15, 0.2) is 18.2 Å². The number of halogens is 2. The number of benzene rings is 1. The molecule has 1 amide bonds. The van der Waals surface area contributed by atoms with E-state index in [1.807, 2.05) is 0 Å². The summed E-state index contributed by atoms with van der Waals surface area (Å²) in [6, 6.07) is 4.08. The van der Waals surface area contributed by atoms with Crippen LogP contribution in [0.5, 0.6) is 0 Å².